The minimum atomic E-state index is -0.416. The molecule has 14 nitrogen and oxygen atoms in total. The van der Waals surface area contributed by atoms with Crippen molar-refractivity contribution >= 4 is 58.6 Å². The number of rotatable bonds is 4. The Hall–Kier alpha value is -5.97. The highest BCUT2D eigenvalue weighted by atomic mass is 35.5. The average molecular weight is 897 g/mol. The van der Waals surface area contributed by atoms with Gasteiger partial charge in [0.05, 0.1) is 11.4 Å². The number of fused-ring (bicyclic) bond motifs is 6. The first-order valence-electron chi connectivity index (χ1n) is 21.7. The molecule has 0 radical (unpaired) electrons. The third-order valence-corrected chi connectivity index (χ3v) is 13.1. The number of likely N-dealkylation sites (N-methyl/N-ethyl adjacent to an activating group) is 1. The van der Waals surface area contributed by atoms with Crippen LogP contribution in [0.3, 0.4) is 0 Å². The van der Waals surface area contributed by atoms with Gasteiger partial charge in [-0.1, -0.05) is 36.4 Å². The third kappa shape index (κ3) is 8.07. The van der Waals surface area contributed by atoms with Crippen LogP contribution >= 0.6 is 12.4 Å². The molecule has 0 aliphatic carbocycles. The zero-order valence-corrected chi connectivity index (χ0v) is 37.9. The molecular weight excluding hydrogens is 842 g/mol. The lowest BCUT2D eigenvalue weighted by Gasteiger charge is -2.45. The molecule has 338 valence electrons. The van der Waals surface area contributed by atoms with Crippen molar-refractivity contribution in [3.05, 3.63) is 84.4 Å². The quantitative estimate of drug-likeness (QED) is 0.219. The van der Waals surface area contributed by atoms with Gasteiger partial charge in [0.1, 0.15) is 48.4 Å². The second-order valence-corrected chi connectivity index (χ2v) is 17.4. The molecule has 4 aromatic rings. The molecule has 3 N–H and O–H groups in total. The van der Waals surface area contributed by atoms with Gasteiger partial charge < -0.3 is 34.4 Å². The van der Waals surface area contributed by atoms with E-state index in [0.717, 1.165) is 60.1 Å². The maximum absolute atomic E-state index is 14.9. The number of benzene rings is 4. The Balaban J connectivity index is 0.000000172. The van der Waals surface area contributed by atoms with Crippen LogP contribution in [0.4, 0.5) is 31.5 Å². The number of hydrogen-bond acceptors (Lipinski definition) is 12. The molecule has 2 fully saturated rings. The lowest BCUT2D eigenvalue weighted by Crippen LogP contribution is -2.56. The first-order valence-corrected chi connectivity index (χ1v) is 21.7. The number of hydrazone groups is 2. The molecule has 0 bridgehead atoms. The highest BCUT2D eigenvalue weighted by molar-refractivity contribution is 6.11. The summed E-state index contributed by atoms with van der Waals surface area (Å²) >= 11 is 0. The molecule has 0 unspecified atom stereocenters. The van der Waals surface area contributed by atoms with Crippen LogP contribution in [0.2, 0.25) is 0 Å². The van der Waals surface area contributed by atoms with Crippen molar-refractivity contribution in [2.75, 3.05) is 66.0 Å². The van der Waals surface area contributed by atoms with E-state index in [1.165, 1.54) is 12.1 Å². The van der Waals surface area contributed by atoms with Crippen LogP contribution in [0.5, 0.6) is 11.5 Å². The molecule has 6 aliphatic heterocycles. The van der Waals surface area contributed by atoms with E-state index < -0.39 is 12.1 Å². The number of ether oxygens (including phenoxy) is 2. The van der Waals surface area contributed by atoms with Crippen LogP contribution in [-0.2, 0) is 9.59 Å². The minimum Gasteiger partial charge on any atom is -0.483 e. The summed E-state index contributed by atoms with van der Waals surface area (Å²) in [6.45, 7) is 16.2. The fourth-order valence-corrected chi connectivity index (χ4v) is 9.38. The molecule has 6 aliphatic rings. The number of halogens is 3. The number of amidine groups is 2. The summed E-state index contributed by atoms with van der Waals surface area (Å²) in [5.74, 6) is 1.69. The van der Waals surface area contributed by atoms with Crippen molar-refractivity contribution < 1.29 is 27.8 Å². The lowest BCUT2D eigenvalue weighted by atomic mass is 9.97. The molecule has 0 spiro atoms. The Kier molecular flexibility index (Phi) is 12.5. The Bertz CT molecular complexity index is 2530. The minimum absolute atomic E-state index is 0. The van der Waals surface area contributed by atoms with E-state index in [1.807, 2.05) is 60.0 Å². The summed E-state index contributed by atoms with van der Waals surface area (Å²) in [6, 6.07) is 21.8. The molecule has 6 atom stereocenters. The van der Waals surface area contributed by atoms with Gasteiger partial charge in [-0.25, -0.2) is 19.6 Å². The number of amides is 2. The maximum Gasteiger partial charge on any atom is 0.262 e. The number of carbonyl (C=O) groups excluding carboxylic acids is 2. The van der Waals surface area contributed by atoms with E-state index in [9.17, 15) is 18.4 Å². The fourth-order valence-electron chi connectivity index (χ4n) is 9.38. The summed E-state index contributed by atoms with van der Waals surface area (Å²) in [7, 11) is 2.13. The third-order valence-electron chi connectivity index (χ3n) is 13.1. The Morgan fingerprint density at radius 3 is 1.55 bits per heavy atom. The van der Waals surface area contributed by atoms with Crippen molar-refractivity contribution in [2.24, 2.45) is 10.2 Å². The van der Waals surface area contributed by atoms with E-state index in [0.29, 0.717) is 46.4 Å². The van der Waals surface area contributed by atoms with Crippen LogP contribution in [0.1, 0.15) is 41.5 Å². The zero-order chi connectivity index (χ0) is 44.3. The second kappa shape index (κ2) is 17.9. The summed E-state index contributed by atoms with van der Waals surface area (Å²) in [4.78, 5) is 35.5. The van der Waals surface area contributed by atoms with Gasteiger partial charge >= 0.3 is 0 Å². The van der Waals surface area contributed by atoms with Gasteiger partial charge in [0, 0.05) is 84.0 Å². The summed E-state index contributed by atoms with van der Waals surface area (Å²) in [6.07, 6.45) is 0. The summed E-state index contributed by atoms with van der Waals surface area (Å²) in [5.41, 5.74) is 11.2. The SMILES string of the molecule is C[C@@H]1CN(C)[C@@H](C)CN1c1cc2c(cc1-c1ccccc1F)OCC1=NNC(=O)[C@@H](C)N12.C[C@@H]1CN[C@@H](C)CN1c1cc2c(cc1-c1ccccc1F)OCC1=NNC(=O)[C@@H](C)N12.Cl. The number of carbonyl (C=O) groups is 2. The predicted octanol–water partition coefficient (Wildman–Crippen LogP) is 6.18. The van der Waals surface area contributed by atoms with Crippen LogP contribution < -0.4 is 45.2 Å². The number of nitrogens with zero attached hydrogens (tertiary/aromatic N) is 7. The molecule has 0 aromatic heterocycles. The lowest BCUT2D eigenvalue weighted by molar-refractivity contribution is -0.123. The second-order valence-electron chi connectivity index (χ2n) is 17.4. The van der Waals surface area contributed by atoms with Gasteiger partial charge in [-0.15, -0.1) is 12.4 Å². The topological polar surface area (TPSA) is 130 Å². The van der Waals surface area contributed by atoms with E-state index in [1.54, 1.807) is 24.3 Å². The number of piperazine rings is 2. The van der Waals surface area contributed by atoms with Crippen molar-refractivity contribution in [1.82, 2.24) is 21.1 Å². The molecule has 4 aromatic carbocycles. The summed E-state index contributed by atoms with van der Waals surface area (Å²) in [5, 5.41) is 11.9. The monoisotopic (exact) mass is 896 g/mol. The van der Waals surface area contributed by atoms with Crippen LogP contribution in [-0.4, -0.2) is 111 Å². The normalized spacial score (nSPS) is 25.0. The van der Waals surface area contributed by atoms with Crippen molar-refractivity contribution in [1.29, 1.82) is 0 Å². The van der Waals surface area contributed by atoms with E-state index in [2.05, 4.69) is 75.8 Å². The van der Waals surface area contributed by atoms with Gasteiger partial charge in [0.25, 0.3) is 11.8 Å². The van der Waals surface area contributed by atoms with Crippen molar-refractivity contribution in [3.8, 4) is 33.8 Å². The average Bonchev–Trinajstić information content (AvgIpc) is 3.27. The van der Waals surface area contributed by atoms with Gasteiger partial charge in [-0.3, -0.25) is 14.5 Å². The molecule has 10 rings (SSSR count). The van der Waals surface area contributed by atoms with Gasteiger partial charge in [0.2, 0.25) is 0 Å². The van der Waals surface area contributed by atoms with E-state index in [4.69, 9.17) is 9.47 Å². The Morgan fingerprint density at radius 1 is 0.594 bits per heavy atom. The van der Waals surface area contributed by atoms with Crippen LogP contribution in [0, 0.1) is 11.6 Å². The first kappa shape index (κ1) is 44.6. The van der Waals surface area contributed by atoms with Crippen molar-refractivity contribution in [3.63, 3.8) is 0 Å². The number of nitrogens with one attached hydrogen (secondary N) is 3. The van der Waals surface area contributed by atoms with Crippen LogP contribution in [0.25, 0.3) is 22.3 Å². The Morgan fingerprint density at radius 2 is 1.06 bits per heavy atom. The number of anilines is 4. The van der Waals surface area contributed by atoms with Gasteiger partial charge in [-0.2, -0.15) is 10.2 Å². The molecule has 2 amide bonds. The largest absolute Gasteiger partial charge is 0.483 e. The zero-order valence-electron chi connectivity index (χ0n) is 37.1. The number of hydrogen-bond donors (Lipinski definition) is 3. The van der Waals surface area contributed by atoms with Gasteiger partial charge in [0.15, 0.2) is 11.7 Å². The van der Waals surface area contributed by atoms with Gasteiger partial charge in [-0.05, 0) is 85.0 Å². The molecule has 2 saturated heterocycles. The summed E-state index contributed by atoms with van der Waals surface area (Å²) < 4.78 is 41.8. The predicted molar refractivity (Wildman–Crippen MR) is 250 cm³/mol. The molecule has 64 heavy (non-hydrogen) atoms. The van der Waals surface area contributed by atoms with E-state index >= 15 is 0 Å². The molecule has 6 heterocycles. The Labute approximate surface area is 378 Å². The van der Waals surface area contributed by atoms with Crippen molar-refractivity contribution in [2.45, 2.75) is 77.8 Å². The first-order chi connectivity index (χ1) is 30.3. The smallest absolute Gasteiger partial charge is 0.262 e. The maximum atomic E-state index is 14.9. The molecule has 17 heteroatoms. The van der Waals surface area contributed by atoms with E-state index in [-0.39, 0.29) is 61.2 Å². The fraction of sp³-hybridized carbons (Fsp3) is 0.404. The molecular formula is C47H55ClF2N10O4. The highest BCUT2D eigenvalue weighted by Gasteiger charge is 2.39. The standard InChI is InChI=1S/C24H28FN5O2.C23H26FN5O2.ClH/c1-14-12-29(15(2)11-28(14)4)20-10-21-22(9-18(20)17-7-5-6-8-19(17)25)32-13-23-26-27-24(31)16(3)30(21)23;1-13-11-28(14(2)10-25-13)19-9-20-21(8-17(19)16-6-4-5-7-18(16)24)31-12-22-26-27-23(30)15(3)29(20)22;/h5-10,14-16H,11-13H2,1-4H3,(H,27,31);4-9,13-15,25H,10-12H2,1-3H3,(H,27,30);1H/t14-,15+,16+;13-,14+,15+;/m00./s1. The highest BCUT2D eigenvalue weighted by Crippen LogP contribution is 2.47. The van der Waals surface area contributed by atoms with Crippen LogP contribution in [0.15, 0.2) is 83.0 Å². The molecule has 0 saturated carbocycles.